The molecule has 0 aromatic rings. The third-order valence-corrected chi connectivity index (χ3v) is 3.75. The van der Waals surface area contributed by atoms with Crippen molar-refractivity contribution in [1.29, 1.82) is 0 Å². The van der Waals surface area contributed by atoms with Gasteiger partial charge in [0.15, 0.2) is 6.29 Å². The van der Waals surface area contributed by atoms with Crippen molar-refractivity contribution < 1.29 is 14.2 Å². The molecule has 0 radical (unpaired) electrons. The van der Waals surface area contributed by atoms with Gasteiger partial charge in [-0.2, -0.15) is 0 Å². The number of ether oxygens (including phenoxy) is 3. The summed E-state index contributed by atoms with van der Waals surface area (Å²) in [4.78, 5) is 0. The zero-order chi connectivity index (χ0) is 13.0. The van der Waals surface area contributed by atoms with Crippen LogP contribution in [0.1, 0.15) is 33.1 Å². The van der Waals surface area contributed by atoms with Crippen LogP contribution < -0.4 is 11.1 Å². The van der Waals surface area contributed by atoms with E-state index in [1.807, 2.05) is 6.92 Å². The lowest BCUT2D eigenvalue weighted by Gasteiger charge is -2.36. The lowest BCUT2D eigenvalue weighted by atomic mass is 10.0. The fourth-order valence-electron chi connectivity index (χ4n) is 2.54. The largest absolute Gasteiger partial charge is 0.374 e. The van der Waals surface area contributed by atoms with Crippen LogP contribution >= 0.6 is 0 Å². The fourth-order valence-corrected chi connectivity index (χ4v) is 2.54. The highest BCUT2D eigenvalue weighted by Gasteiger charge is 2.30. The molecule has 2 fully saturated rings. The van der Waals surface area contributed by atoms with E-state index in [0.29, 0.717) is 12.6 Å². The average molecular weight is 258 g/mol. The van der Waals surface area contributed by atoms with Crippen molar-refractivity contribution >= 4 is 0 Å². The summed E-state index contributed by atoms with van der Waals surface area (Å²) in [7, 11) is 0. The molecule has 3 N–H and O–H groups in total. The molecule has 2 aliphatic heterocycles. The third-order valence-electron chi connectivity index (χ3n) is 3.75. The van der Waals surface area contributed by atoms with E-state index in [0.717, 1.165) is 32.4 Å². The maximum atomic E-state index is 5.98. The summed E-state index contributed by atoms with van der Waals surface area (Å²) < 4.78 is 17.2. The van der Waals surface area contributed by atoms with Crippen molar-refractivity contribution in [2.24, 2.45) is 5.73 Å². The second kappa shape index (κ2) is 6.82. The summed E-state index contributed by atoms with van der Waals surface area (Å²) in [6.07, 6.45) is 3.03. The standard InChI is InChI=1S/C13H26N2O3/c1-3-15-10-4-5-13(17-7-10)18-11-6-12(14)9(2)16-8-11/h9-13,15H,3-8,14H2,1-2H3/t9-,10?,11?,12?,13?/m1/s1. The van der Waals surface area contributed by atoms with E-state index >= 15 is 0 Å². The van der Waals surface area contributed by atoms with Crippen LogP contribution in [-0.4, -0.2) is 50.3 Å². The van der Waals surface area contributed by atoms with E-state index in [9.17, 15) is 0 Å². The Balaban J connectivity index is 1.68. The minimum Gasteiger partial charge on any atom is -0.374 e. The van der Waals surface area contributed by atoms with Gasteiger partial charge >= 0.3 is 0 Å². The van der Waals surface area contributed by atoms with Gasteiger partial charge in [-0.3, -0.25) is 0 Å². The molecule has 2 heterocycles. The normalized spacial score (nSPS) is 41.8. The summed E-state index contributed by atoms with van der Waals surface area (Å²) in [6, 6.07) is 0.543. The summed E-state index contributed by atoms with van der Waals surface area (Å²) in [5.41, 5.74) is 5.98. The van der Waals surface area contributed by atoms with Crippen molar-refractivity contribution in [1.82, 2.24) is 5.32 Å². The molecule has 0 amide bonds. The second-order valence-electron chi connectivity index (χ2n) is 5.29. The van der Waals surface area contributed by atoms with E-state index in [2.05, 4.69) is 12.2 Å². The van der Waals surface area contributed by atoms with Crippen LogP contribution in [0.4, 0.5) is 0 Å². The minimum atomic E-state index is -0.0888. The minimum absolute atomic E-state index is 0.0712. The van der Waals surface area contributed by atoms with E-state index in [-0.39, 0.29) is 24.5 Å². The highest BCUT2D eigenvalue weighted by Crippen LogP contribution is 2.21. The van der Waals surface area contributed by atoms with Gasteiger partial charge < -0.3 is 25.3 Å². The van der Waals surface area contributed by atoms with Crippen LogP contribution in [0.5, 0.6) is 0 Å². The Hall–Kier alpha value is -0.200. The van der Waals surface area contributed by atoms with Crippen LogP contribution in [-0.2, 0) is 14.2 Å². The molecule has 0 aromatic heterocycles. The third kappa shape index (κ3) is 3.90. The number of likely N-dealkylation sites (N-methyl/N-ethyl adjacent to an activating group) is 1. The van der Waals surface area contributed by atoms with Gasteiger partial charge in [0, 0.05) is 12.1 Å². The van der Waals surface area contributed by atoms with Gasteiger partial charge in [-0.25, -0.2) is 0 Å². The molecular formula is C13H26N2O3. The number of hydrogen-bond acceptors (Lipinski definition) is 5. The van der Waals surface area contributed by atoms with Gasteiger partial charge in [0.05, 0.1) is 25.4 Å². The van der Waals surface area contributed by atoms with Crippen LogP contribution in [0.25, 0.3) is 0 Å². The summed E-state index contributed by atoms with van der Waals surface area (Å²) in [5.74, 6) is 0. The SMILES string of the molecule is CCNC1CCC(OC2CO[C@H](C)C(N)C2)OC1. The predicted molar refractivity (Wildman–Crippen MR) is 69.3 cm³/mol. The molecule has 4 unspecified atom stereocenters. The lowest BCUT2D eigenvalue weighted by molar-refractivity contribution is -0.217. The van der Waals surface area contributed by atoms with Gasteiger partial charge in [-0.1, -0.05) is 6.92 Å². The molecule has 0 aromatic carbocycles. The first-order chi connectivity index (χ1) is 8.69. The molecule has 106 valence electrons. The molecule has 0 bridgehead atoms. The highest BCUT2D eigenvalue weighted by molar-refractivity contribution is 4.80. The first kappa shape index (κ1) is 14.2. The Bertz CT molecular complexity index is 244. The Morgan fingerprint density at radius 2 is 2.11 bits per heavy atom. The van der Waals surface area contributed by atoms with Crippen molar-refractivity contribution in [2.75, 3.05) is 19.8 Å². The summed E-state index contributed by atoms with van der Waals surface area (Å²) in [5, 5.41) is 3.40. The van der Waals surface area contributed by atoms with Gasteiger partial charge in [0.1, 0.15) is 0 Å². The first-order valence-electron chi connectivity index (χ1n) is 7.06. The molecule has 2 saturated heterocycles. The smallest absolute Gasteiger partial charge is 0.158 e. The van der Waals surface area contributed by atoms with Crippen molar-refractivity contribution in [3.8, 4) is 0 Å². The number of nitrogens with one attached hydrogen (secondary N) is 1. The van der Waals surface area contributed by atoms with Crippen molar-refractivity contribution in [3.05, 3.63) is 0 Å². The van der Waals surface area contributed by atoms with E-state index in [1.54, 1.807) is 0 Å². The molecule has 0 spiro atoms. The zero-order valence-corrected chi connectivity index (χ0v) is 11.4. The Morgan fingerprint density at radius 1 is 1.28 bits per heavy atom. The highest BCUT2D eigenvalue weighted by atomic mass is 16.7. The molecule has 2 rings (SSSR count). The van der Waals surface area contributed by atoms with Crippen LogP contribution in [0.3, 0.4) is 0 Å². The topological polar surface area (TPSA) is 65.7 Å². The molecule has 5 heteroatoms. The van der Waals surface area contributed by atoms with Gasteiger partial charge in [-0.05, 0) is 32.7 Å². The lowest BCUT2D eigenvalue weighted by Crippen LogP contribution is -2.48. The maximum Gasteiger partial charge on any atom is 0.158 e. The Kier molecular flexibility index (Phi) is 5.38. The molecule has 0 saturated carbocycles. The number of nitrogens with two attached hydrogens (primary N) is 1. The van der Waals surface area contributed by atoms with Gasteiger partial charge in [-0.15, -0.1) is 0 Å². The average Bonchev–Trinajstić information content (AvgIpc) is 2.37. The first-order valence-corrected chi connectivity index (χ1v) is 7.06. The second-order valence-corrected chi connectivity index (χ2v) is 5.29. The molecule has 5 atom stereocenters. The molecule has 0 aliphatic carbocycles. The molecule has 18 heavy (non-hydrogen) atoms. The van der Waals surface area contributed by atoms with Crippen molar-refractivity contribution in [3.63, 3.8) is 0 Å². The van der Waals surface area contributed by atoms with Crippen LogP contribution in [0.2, 0.25) is 0 Å². The van der Waals surface area contributed by atoms with Crippen molar-refractivity contribution in [2.45, 2.75) is 63.7 Å². The summed E-state index contributed by atoms with van der Waals surface area (Å²) in [6.45, 7) is 6.48. The summed E-state index contributed by atoms with van der Waals surface area (Å²) >= 11 is 0. The van der Waals surface area contributed by atoms with E-state index in [1.165, 1.54) is 0 Å². The van der Waals surface area contributed by atoms with Crippen LogP contribution in [0.15, 0.2) is 0 Å². The Labute approximate surface area is 109 Å². The maximum absolute atomic E-state index is 5.98. The van der Waals surface area contributed by atoms with Crippen LogP contribution in [0, 0.1) is 0 Å². The molecule has 2 aliphatic rings. The quantitative estimate of drug-likeness (QED) is 0.774. The van der Waals surface area contributed by atoms with E-state index in [4.69, 9.17) is 19.9 Å². The number of rotatable bonds is 4. The van der Waals surface area contributed by atoms with Gasteiger partial charge in [0.2, 0.25) is 0 Å². The Morgan fingerprint density at radius 3 is 2.72 bits per heavy atom. The molecule has 5 nitrogen and oxygen atoms in total. The number of hydrogen-bond donors (Lipinski definition) is 2. The predicted octanol–water partition coefficient (Wildman–Crippen LogP) is 0.622. The monoisotopic (exact) mass is 258 g/mol. The molecular weight excluding hydrogens is 232 g/mol. The fraction of sp³-hybridized carbons (Fsp3) is 1.00. The zero-order valence-electron chi connectivity index (χ0n) is 11.4. The van der Waals surface area contributed by atoms with Gasteiger partial charge in [0.25, 0.3) is 0 Å². The van der Waals surface area contributed by atoms with E-state index < -0.39 is 0 Å².